The van der Waals surface area contributed by atoms with Gasteiger partial charge in [0.1, 0.15) is 10.7 Å². The fourth-order valence-electron chi connectivity index (χ4n) is 1.12. The summed E-state index contributed by atoms with van der Waals surface area (Å²) in [6.45, 7) is 0. The van der Waals surface area contributed by atoms with E-state index < -0.39 is 37.1 Å². The molecule has 0 bridgehead atoms. The molecule has 0 aliphatic rings. The molecule has 0 amide bonds. The molecule has 1 aromatic carbocycles. The van der Waals surface area contributed by atoms with Gasteiger partial charge in [0.25, 0.3) is 9.05 Å². The van der Waals surface area contributed by atoms with Gasteiger partial charge < -0.3 is 0 Å². The minimum absolute atomic E-state index is 0.221. The highest BCUT2D eigenvalue weighted by molar-refractivity contribution is 8.13. The first kappa shape index (κ1) is 13.7. The lowest BCUT2D eigenvalue weighted by atomic mass is 10.1. The van der Waals surface area contributed by atoms with Crippen molar-refractivity contribution in [2.24, 2.45) is 0 Å². The molecular weight excluding hydrogens is 286 g/mol. The maximum Gasteiger partial charge on any atom is 0.417 e. The minimum Gasteiger partial charge on any atom is -0.207 e. The number of hydrogen-bond acceptors (Lipinski definition) is 3. The number of rotatable bonds is 1. The average Bonchev–Trinajstić information content (AvgIpc) is 2.12. The quantitative estimate of drug-likeness (QED) is 0.589. The Hall–Kier alpha value is -1.33. The van der Waals surface area contributed by atoms with Crippen molar-refractivity contribution in [3.63, 3.8) is 0 Å². The van der Waals surface area contributed by atoms with E-state index in [1.807, 2.05) is 0 Å². The van der Waals surface area contributed by atoms with E-state index in [2.05, 4.69) is 0 Å². The number of nitriles is 1. The topological polar surface area (TPSA) is 57.9 Å². The third kappa shape index (κ3) is 2.87. The summed E-state index contributed by atoms with van der Waals surface area (Å²) >= 11 is 0. The highest BCUT2D eigenvalue weighted by Gasteiger charge is 2.39. The molecule has 0 radical (unpaired) electrons. The molecular formula is C8H2ClF4NO2S. The van der Waals surface area contributed by atoms with E-state index in [9.17, 15) is 26.0 Å². The molecule has 0 saturated carbocycles. The monoisotopic (exact) mass is 287 g/mol. The van der Waals surface area contributed by atoms with Gasteiger partial charge in [-0.2, -0.15) is 18.4 Å². The number of nitrogens with zero attached hydrogens (tertiary/aromatic N) is 1. The summed E-state index contributed by atoms with van der Waals surface area (Å²) < 4.78 is 72.4. The summed E-state index contributed by atoms with van der Waals surface area (Å²) in [4.78, 5) is -1.68. The van der Waals surface area contributed by atoms with Crippen LogP contribution in [0.25, 0.3) is 0 Å². The zero-order valence-electron chi connectivity index (χ0n) is 7.72. The summed E-state index contributed by atoms with van der Waals surface area (Å²) in [6.07, 6.45) is -5.13. The van der Waals surface area contributed by atoms with E-state index in [0.29, 0.717) is 6.07 Å². The summed E-state index contributed by atoms with van der Waals surface area (Å²) in [6, 6.07) is 1.87. The Balaban J connectivity index is 3.78. The summed E-state index contributed by atoms with van der Waals surface area (Å²) in [5, 5.41) is 8.38. The molecule has 1 rings (SSSR count). The molecule has 1 aromatic rings. The Morgan fingerprint density at radius 2 is 1.82 bits per heavy atom. The van der Waals surface area contributed by atoms with Gasteiger partial charge in [-0.05, 0) is 12.1 Å². The molecule has 0 aliphatic heterocycles. The minimum atomic E-state index is -5.13. The Kier molecular flexibility index (Phi) is 3.36. The molecule has 92 valence electrons. The zero-order chi connectivity index (χ0) is 13.4. The van der Waals surface area contributed by atoms with Crippen LogP contribution in [0.3, 0.4) is 0 Å². The Morgan fingerprint density at radius 3 is 2.18 bits per heavy atom. The maximum absolute atomic E-state index is 13.2. The van der Waals surface area contributed by atoms with Crippen molar-refractivity contribution in [1.29, 1.82) is 5.26 Å². The lowest BCUT2D eigenvalue weighted by Crippen LogP contribution is -2.13. The van der Waals surface area contributed by atoms with Crippen molar-refractivity contribution >= 4 is 19.7 Å². The Labute approximate surface area is 97.6 Å². The Morgan fingerprint density at radius 1 is 1.29 bits per heavy atom. The average molecular weight is 288 g/mol. The van der Waals surface area contributed by atoms with Gasteiger partial charge in [0, 0.05) is 10.7 Å². The van der Waals surface area contributed by atoms with E-state index >= 15 is 0 Å². The van der Waals surface area contributed by atoms with Gasteiger partial charge in [-0.25, -0.2) is 12.8 Å². The molecule has 9 heteroatoms. The normalized spacial score (nSPS) is 12.2. The van der Waals surface area contributed by atoms with Crippen molar-refractivity contribution < 1.29 is 26.0 Å². The highest BCUT2D eigenvalue weighted by atomic mass is 35.7. The molecule has 3 nitrogen and oxygen atoms in total. The van der Waals surface area contributed by atoms with Crippen LogP contribution in [0.5, 0.6) is 0 Å². The van der Waals surface area contributed by atoms with Gasteiger partial charge in [-0.1, -0.05) is 0 Å². The third-order valence-electron chi connectivity index (χ3n) is 1.72. The SMILES string of the molecule is N#Cc1cc(F)c(S(=O)(=O)Cl)c(C(F)(F)F)c1. The Bertz CT molecular complexity index is 603. The molecule has 0 aromatic heterocycles. The summed E-state index contributed by atoms with van der Waals surface area (Å²) in [5.41, 5.74) is -2.46. The van der Waals surface area contributed by atoms with E-state index in [1.165, 1.54) is 6.07 Å². The lowest BCUT2D eigenvalue weighted by molar-refractivity contribution is -0.140. The van der Waals surface area contributed by atoms with Crippen LogP contribution >= 0.6 is 10.7 Å². The predicted octanol–water partition coefficient (Wildman–Crippen LogP) is 2.64. The van der Waals surface area contributed by atoms with E-state index in [1.54, 1.807) is 0 Å². The second-order valence-corrected chi connectivity index (χ2v) is 5.38. The van der Waals surface area contributed by atoms with Crippen molar-refractivity contribution in [1.82, 2.24) is 0 Å². The van der Waals surface area contributed by atoms with Gasteiger partial charge in [0.2, 0.25) is 0 Å². The largest absolute Gasteiger partial charge is 0.417 e. The van der Waals surface area contributed by atoms with Crippen molar-refractivity contribution in [3.8, 4) is 6.07 Å². The molecule has 0 fully saturated rings. The number of benzene rings is 1. The predicted molar refractivity (Wildman–Crippen MR) is 49.2 cm³/mol. The van der Waals surface area contributed by atoms with Gasteiger partial charge in [-0.15, -0.1) is 0 Å². The van der Waals surface area contributed by atoms with Crippen LogP contribution in [0.2, 0.25) is 0 Å². The molecule has 0 N–H and O–H groups in total. The molecule has 0 heterocycles. The summed E-state index contributed by atoms with van der Waals surface area (Å²) in [5.74, 6) is -1.72. The number of hydrogen-bond donors (Lipinski definition) is 0. The van der Waals surface area contributed by atoms with Crippen LogP contribution in [0.1, 0.15) is 11.1 Å². The van der Waals surface area contributed by atoms with E-state index in [0.717, 1.165) is 0 Å². The third-order valence-corrected chi connectivity index (χ3v) is 3.09. The smallest absolute Gasteiger partial charge is 0.207 e. The van der Waals surface area contributed by atoms with Gasteiger partial charge in [0.05, 0.1) is 17.2 Å². The molecule has 0 unspecified atom stereocenters. The first-order valence-corrected chi connectivity index (χ1v) is 6.14. The van der Waals surface area contributed by atoms with Crippen LogP contribution in [0, 0.1) is 17.1 Å². The number of alkyl halides is 3. The fraction of sp³-hybridized carbons (Fsp3) is 0.125. The second-order valence-electron chi connectivity index (χ2n) is 2.88. The lowest BCUT2D eigenvalue weighted by Gasteiger charge is -2.11. The first-order chi connectivity index (χ1) is 7.57. The van der Waals surface area contributed by atoms with Gasteiger partial charge in [-0.3, -0.25) is 0 Å². The van der Waals surface area contributed by atoms with E-state index in [4.69, 9.17) is 15.9 Å². The van der Waals surface area contributed by atoms with Gasteiger partial charge >= 0.3 is 6.18 Å². The molecule has 17 heavy (non-hydrogen) atoms. The molecule has 0 aliphatic carbocycles. The van der Waals surface area contributed by atoms with Crippen molar-refractivity contribution in [2.75, 3.05) is 0 Å². The maximum atomic E-state index is 13.2. The van der Waals surface area contributed by atoms with Crippen LogP contribution in [-0.2, 0) is 15.2 Å². The van der Waals surface area contributed by atoms with Crippen molar-refractivity contribution in [3.05, 3.63) is 29.1 Å². The van der Waals surface area contributed by atoms with Crippen LogP contribution in [0.4, 0.5) is 17.6 Å². The molecule has 0 atom stereocenters. The van der Waals surface area contributed by atoms with E-state index in [-0.39, 0.29) is 6.07 Å². The zero-order valence-corrected chi connectivity index (χ0v) is 9.29. The fourth-order valence-corrected chi connectivity index (χ4v) is 2.32. The van der Waals surface area contributed by atoms with Crippen LogP contribution in [0.15, 0.2) is 17.0 Å². The first-order valence-electron chi connectivity index (χ1n) is 3.83. The second kappa shape index (κ2) is 4.16. The molecule has 0 saturated heterocycles. The van der Waals surface area contributed by atoms with Crippen LogP contribution < -0.4 is 0 Å². The highest BCUT2D eigenvalue weighted by Crippen LogP contribution is 2.37. The standard InChI is InChI=1S/C8H2ClF4NO2S/c9-17(15,16)7-5(8(11,12)13)1-4(3-14)2-6(7)10/h1-2H. The van der Waals surface area contributed by atoms with Crippen molar-refractivity contribution in [2.45, 2.75) is 11.1 Å². The summed E-state index contributed by atoms with van der Waals surface area (Å²) in [7, 11) is -0.185. The van der Waals surface area contributed by atoms with Crippen LogP contribution in [-0.4, -0.2) is 8.42 Å². The van der Waals surface area contributed by atoms with Gasteiger partial charge in [0.15, 0.2) is 0 Å². The number of halogens is 5. The molecule has 0 spiro atoms.